The molecule has 0 bridgehead atoms. The van der Waals surface area contributed by atoms with Crippen molar-refractivity contribution in [2.45, 2.75) is 13.3 Å². The summed E-state index contributed by atoms with van der Waals surface area (Å²) in [6, 6.07) is 0. The van der Waals surface area contributed by atoms with Gasteiger partial charge in [0.1, 0.15) is 0 Å². The van der Waals surface area contributed by atoms with Crippen molar-refractivity contribution in [1.29, 1.82) is 0 Å². The van der Waals surface area contributed by atoms with E-state index in [0.29, 0.717) is 10.7 Å². The average Bonchev–Trinajstić information content (AvgIpc) is 1.87. The molecule has 52 valence electrons. The molecule has 4 N–H and O–H groups in total. The number of allylic oxidation sites excluding steroid dienone is 3. The third-order valence-corrected chi connectivity index (χ3v) is 1.30. The zero-order valence-corrected chi connectivity index (χ0v) is 6.15. The van der Waals surface area contributed by atoms with Crippen LogP contribution in [0.15, 0.2) is 23.0 Å². The molecule has 0 aliphatic heterocycles. The van der Waals surface area contributed by atoms with Crippen LogP contribution in [0.2, 0.25) is 0 Å². The molecular formula is C6H11ClN2. The van der Waals surface area contributed by atoms with Crippen LogP contribution in [0.1, 0.15) is 13.3 Å². The normalized spacial score (nSPS) is 14.0. The second kappa shape index (κ2) is 4.27. The van der Waals surface area contributed by atoms with Crippen LogP contribution in [0.25, 0.3) is 0 Å². The minimum atomic E-state index is 0.528. The lowest BCUT2D eigenvalue weighted by Gasteiger charge is -1.94. The Morgan fingerprint density at radius 1 is 1.67 bits per heavy atom. The van der Waals surface area contributed by atoms with Gasteiger partial charge < -0.3 is 11.5 Å². The van der Waals surface area contributed by atoms with E-state index < -0.39 is 0 Å². The van der Waals surface area contributed by atoms with Crippen LogP contribution in [0.5, 0.6) is 0 Å². The zero-order chi connectivity index (χ0) is 7.28. The van der Waals surface area contributed by atoms with Gasteiger partial charge in [-0.1, -0.05) is 18.5 Å². The molecule has 0 unspecified atom stereocenters. The van der Waals surface area contributed by atoms with Crippen LogP contribution in [0.4, 0.5) is 0 Å². The molecule has 0 heterocycles. The highest BCUT2D eigenvalue weighted by Crippen LogP contribution is 2.07. The fraction of sp³-hybridized carbons (Fsp3) is 0.333. The summed E-state index contributed by atoms with van der Waals surface area (Å²) in [5, 5.41) is 0.528. The molecule has 0 aromatic rings. The molecule has 9 heavy (non-hydrogen) atoms. The Bertz CT molecular complexity index is 138. The van der Waals surface area contributed by atoms with Crippen molar-refractivity contribution in [3.05, 3.63) is 23.0 Å². The summed E-state index contributed by atoms with van der Waals surface area (Å²) >= 11 is 5.62. The fourth-order valence-electron chi connectivity index (χ4n) is 0.360. The predicted molar refractivity (Wildman–Crippen MR) is 40.7 cm³/mol. The Morgan fingerprint density at radius 3 is 2.56 bits per heavy atom. The van der Waals surface area contributed by atoms with Crippen molar-refractivity contribution >= 4 is 11.6 Å². The van der Waals surface area contributed by atoms with E-state index in [1.54, 1.807) is 6.08 Å². The van der Waals surface area contributed by atoms with Crippen molar-refractivity contribution in [2.75, 3.05) is 0 Å². The van der Waals surface area contributed by atoms with Gasteiger partial charge in [0.15, 0.2) is 0 Å². The van der Waals surface area contributed by atoms with E-state index in [9.17, 15) is 0 Å². The van der Waals surface area contributed by atoms with Crippen molar-refractivity contribution in [3.8, 4) is 0 Å². The summed E-state index contributed by atoms with van der Waals surface area (Å²) in [5.41, 5.74) is 11.2. The summed E-state index contributed by atoms with van der Waals surface area (Å²) in [7, 11) is 0. The minimum absolute atomic E-state index is 0.528. The van der Waals surface area contributed by atoms with Gasteiger partial charge in [0, 0.05) is 5.70 Å². The van der Waals surface area contributed by atoms with Gasteiger partial charge in [0.2, 0.25) is 0 Å². The Labute approximate surface area is 60.2 Å². The van der Waals surface area contributed by atoms with Crippen molar-refractivity contribution in [1.82, 2.24) is 0 Å². The van der Waals surface area contributed by atoms with E-state index in [1.165, 1.54) is 6.20 Å². The smallest absolute Gasteiger partial charge is 0.0607 e. The SMILES string of the molecule is CC/C(N)=C(Cl)/C=C\N. The minimum Gasteiger partial charge on any atom is -0.405 e. The van der Waals surface area contributed by atoms with E-state index in [0.717, 1.165) is 6.42 Å². The maximum absolute atomic E-state index is 5.62. The molecular weight excluding hydrogens is 136 g/mol. The van der Waals surface area contributed by atoms with E-state index in [-0.39, 0.29) is 0 Å². The topological polar surface area (TPSA) is 52.0 Å². The number of nitrogens with two attached hydrogens (primary N) is 2. The first kappa shape index (κ1) is 8.37. The number of hydrogen-bond donors (Lipinski definition) is 2. The van der Waals surface area contributed by atoms with Crippen LogP contribution in [-0.2, 0) is 0 Å². The quantitative estimate of drug-likeness (QED) is 0.577. The lowest BCUT2D eigenvalue weighted by Crippen LogP contribution is -1.96. The van der Waals surface area contributed by atoms with Crippen LogP contribution < -0.4 is 11.5 Å². The van der Waals surface area contributed by atoms with Crippen LogP contribution in [0.3, 0.4) is 0 Å². The predicted octanol–water partition coefficient (Wildman–Crippen LogP) is 1.28. The summed E-state index contributed by atoms with van der Waals surface area (Å²) in [4.78, 5) is 0. The molecule has 0 rings (SSSR count). The maximum Gasteiger partial charge on any atom is 0.0607 e. The molecule has 0 saturated heterocycles. The van der Waals surface area contributed by atoms with Gasteiger partial charge in [-0.2, -0.15) is 0 Å². The van der Waals surface area contributed by atoms with E-state index in [4.69, 9.17) is 23.1 Å². The molecule has 0 radical (unpaired) electrons. The first-order valence-electron chi connectivity index (χ1n) is 2.74. The Hall–Kier alpha value is -0.630. The second-order valence-corrected chi connectivity index (χ2v) is 1.99. The molecule has 0 saturated carbocycles. The summed E-state index contributed by atoms with van der Waals surface area (Å²) in [5.74, 6) is 0. The average molecular weight is 147 g/mol. The van der Waals surface area contributed by atoms with Gasteiger partial charge in [0.25, 0.3) is 0 Å². The molecule has 0 spiro atoms. The fourth-order valence-corrected chi connectivity index (χ4v) is 0.567. The number of halogens is 1. The largest absolute Gasteiger partial charge is 0.405 e. The Morgan fingerprint density at radius 2 is 2.22 bits per heavy atom. The van der Waals surface area contributed by atoms with Crippen LogP contribution in [-0.4, -0.2) is 0 Å². The van der Waals surface area contributed by atoms with Crippen LogP contribution in [0, 0.1) is 0 Å². The maximum atomic E-state index is 5.62. The third kappa shape index (κ3) is 3.03. The lowest BCUT2D eigenvalue weighted by atomic mass is 10.3. The molecule has 0 aliphatic rings. The molecule has 3 heteroatoms. The highest BCUT2D eigenvalue weighted by atomic mass is 35.5. The Balaban J connectivity index is 4.10. The van der Waals surface area contributed by atoms with E-state index >= 15 is 0 Å². The number of rotatable bonds is 2. The summed E-state index contributed by atoms with van der Waals surface area (Å²) in [6.45, 7) is 1.93. The summed E-state index contributed by atoms with van der Waals surface area (Å²) in [6.07, 6.45) is 3.69. The number of hydrogen-bond acceptors (Lipinski definition) is 2. The van der Waals surface area contributed by atoms with Gasteiger partial charge >= 0.3 is 0 Å². The van der Waals surface area contributed by atoms with Gasteiger partial charge in [-0.3, -0.25) is 0 Å². The van der Waals surface area contributed by atoms with Crippen molar-refractivity contribution < 1.29 is 0 Å². The molecule has 0 aliphatic carbocycles. The molecule has 0 fully saturated rings. The standard InChI is InChI=1S/C6H11ClN2/c1-2-6(9)5(7)3-4-8/h3-4H,2,8-9H2,1H3/b4-3-,6-5+. The second-order valence-electron chi connectivity index (χ2n) is 1.59. The molecule has 0 aromatic carbocycles. The lowest BCUT2D eigenvalue weighted by molar-refractivity contribution is 1.06. The van der Waals surface area contributed by atoms with E-state index in [2.05, 4.69) is 0 Å². The van der Waals surface area contributed by atoms with Gasteiger partial charge in [0.05, 0.1) is 5.03 Å². The van der Waals surface area contributed by atoms with Gasteiger partial charge in [-0.05, 0) is 18.7 Å². The van der Waals surface area contributed by atoms with Gasteiger partial charge in [-0.15, -0.1) is 0 Å². The van der Waals surface area contributed by atoms with Crippen LogP contribution >= 0.6 is 11.6 Å². The van der Waals surface area contributed by atoms with E-state index in [1.807, 2.05) is 6.92 Å². The first-order chi connectivity index (χ1) is 4.22. The molecule has 0 aromatic heterocycles. The summed E-state index contributed by atoms with van der Waals surface area (Å²) < 4.78 is 0. The van der Waals surface area contributed by atoms with Crippen molar-refractivity contribution in [3.63, 3.8) is 0 Å². The van der Waals surface area contributed by atoms with Gasteiger partial charge in [-0.25, -0.2) is 0 Å². The highest BCUT2D eigenvalue weighted by Gasteiger charge is 1.90. The molecule has 0 amide bonds. The monoisotopic (exact) mass is 146 g/mol. The molecule has 2 nitrogen and oxygen atoms in total. The highest BCUT2D eigenvalue weighted by molar-refractivity contribution is 6.31. The Kier molecular flexibility index (Phi) is 3.97. The first-order valence-corrected chi connectivity index (χ1v) is 3.12. The molecule has 0 atom stereocenters. The third-order valence-electron chi connectivity index (χ3n) is 0.930. The van der Waals surface area contributed by atoms with Crippen molar-refractivity contribution in [2.24, 2.45) is 11.5 Å². The zero-order valence-electron chi connectivity index (χ0n) is 5.39.